The SMILES string of the molecule is COc1cc(OC)cc(-c2nnc(SCC(=O)NCCc3ccccc3C)o2)c1. The Kier molecular flexibility index (Phi) is 7.13. The smallest absolute Gasteiger partial charge is 0.277 e. The van der Waals surface area contributed by atoms with E-state index in [-0.39, 0.29) is 11.7 Å². The summed E-state index contributed by atoms with van der Waals surface area (Å²) in [4.78, 5) is 12.1. The number of carbonyl (C=O) groups is 1. The van der Waals surface area contributed by atoms with Gasteiger partial charge < -0.3 is 19.2 Å². The van der Waals surface area contributed by atoms with Crippen molar-refractivity contribution in [3.8, 4) is 23.0 Å². The average molecular weight is 413 g/mol. The van der Waals surface area contributed by atoms with E-state index < -0.39 is 0 Å². The van der Waals surface area contributed by atoms with Gasteiger partial charge in [0.15, 0.2) is 0 Å². The molecule has 1 aromatic heterocycles. The van der Waals surface area contributed by atoms with Crippen LogP contribution in [-0.2, 0) is 11.2 Å². The van der Waals surface area contributed by atoms with E-state index in [0.29, 0.717) is 34.7 Å². The first-order valence-corrected chi connectivity index (χ1v) is 10.1. The molecule has 1 N–H and O–H groups in total. The largest absolute Gasteiger partial charge is 0.497 e. The number of hydrogen-bond acceptors (Lipinski definition) is 7. The van der Waals surface area contributed by atoms with Crippen LogP contribution in [0, 0.1) is 6.92 Å². The van der Waals surface area contributed by atoms with E-state index in [0.717, 1.165) is 6.42 Å². The molecule has 3 aromatic rings. The maximum Gasteiger partial charge on any atom is 0.277 e. The van der Waals surface area contributed by atoms with Crippen LogP contribution in [0.3, 0.4) is 0 Å². The van der Waals surface area contributed by atoms with Gasteiger partial charge in [-0.25, -0.2) is 0 Å². The molecule has 1 amide bonds. The molecule has 0 spiro atoms. The molecule has 0 saturated carbocycles. The molecular formula is C21H23N3O4S. The van der Waals surface area contributed by atoms with Gasteiger partial charge in [0, 0.05) is 18.2 Å². The summed E-state index contributed by atoms with van der Waals surface area (Å²) in [6, 6.07) is 13.5. The van der Waals surface area contributed by atoms with Gasteiger partial charge in [-0.1, -0.05) is 36.0 Å². The van der Waals surface area contributed by atoms with Crippen LogP contribution in [-0.4, -0.2) is 42.6 Å². The van der Waals surface area contributed by atoms with Crippen molar-refractivity contribution in [3.63, 3.8) is 0 Å². The first-order valence-electron chi connectivity index (χ1n) is 9.10. The Morgan fingerprint density at radius 3 is 2.52 bits per heavy atom. The minimum absolute atomic E-state index is 0.0774. The molecule has 152 valence electrons. The van der Waals surface area contributed by atoms with Crippen LogP contribution in [0.4, 0.5) is 0 Å². The van der Waals surface area contributed by atoms with E-state index in [4.69, 9.17) is 13.9 Å². The second-order valence-electron chi connectivity index (χ2n) is 6.29. The van der Waals surface area contributed by atoms with Gasteiger partial charge in [-0.15, -0.1) is 10.2 Å². The van der Waals surface area contributed by atoms with Gasteiger partial charge in [0.25, 0.3) is 5.22 Å². The Labute approximate surface area is 173 Å². The zero-order valence-corrected chi connectivity index (χ0v) is 17.4. The Morgan fingerprint density at radius 1 is 1.10 bits per heavy atom. The third-order valence-electron chi connectivity index (χ3n) is 4.31. The third-order valence-corrected chi connectivity index (χ3v) is 5.13. The number of thioether (sulfide) groups is 1. The number of methoxy groups -OCH3 is 2. The predicted octanol–water partition coefficient (Wildman–Crippen LogP) is 3.51. The first kappa shape index (κ1) is 20.7. The fourth-order valence-corrected chi connectivity index (χ4v) is 3.31. The van der Waals surface area contributed by atoms with Crippen LogP contribution in [0.1, 0.15) is 11.1 Å². The highest BCUT2D eigenvalue weighted by molar-refractivity contribution is 7.99. The van der Waals surface area contributed by atoms with Crippen LogP contribution < -0.4 is 14.8 Å². The van der Waals surface area contributed by atoms with Gasteiger partial charge in [-0.2, -0.15) is 0 Å². The van der Waals surface area contributed by atoms with Gasteiger partial charge in [-0.3, -0.25) is 4.79 Å². The van der Waals surface area contributed by atoms with E-state index in [1.807, 2.05) is 12.1 Å². The Bertz CT molecular complexity index is 952. The Balaban J connectivity index is 1.51. The molecule has 0 radical (unpaired) electrons. The summed E-state index contributed by atoms with van der Waals surface area (Å²) < 4.78 is 16.2. The summed E-state index contributed by atoms with van der Waals surface area (Å²) in [5.74, 6) is 1.72. The lowest BCUT2D eigenvalue weighted by atomic mass is 10.1. The van der Waals surface area contributed by atoms with Crippen molar-refractivity contribution < 1.29 is 18.7 Å². The molecule has 0 fully saturated rings. The molecule has 0 aliphatic carbocycles. The molecule has 0 saturated heterocycles. The zero-order valence-electron chi connectivity index (χ0n) is 16.6. The number of ether oxygens (including phenoxy) is 2. The van der Waals surface area contributed by atoms with Crippen molar-refractivity contribution in [1.29, 1.82) is 0 Å². The number of rotatable bonds is 9. The number of nitrogens with zero attached hydrogens (tertiary/aromatic N) is 2. The number of benzene rings is 2. The molecule has 0 bridgehead atoms. The highest BCUT2D eigenvalue weighted by atomic mass is 32.2. The van der Waals surface area contributed by atoms with Crippen molar-refractivity contribution in [2.24, 2.45) is 0 Å². The quantitative estimate of drug-likeness (QED) is 0.537. The minimum atomic E-state index is -0.0774. The molecule has 0 aliphatic heterocycles. The van der Waals surface area contributed by atoms with Crippen LogP contribution in [0.25, 0.3) is 11.5 Å². The molecule has 1 heterocycles. The van der Waals surface area contributed by atoms with Crippen molar-refractivity contribution in [2.75, 3.05) is 26.5 Å². The average Bonchev–Trinajstić information content (AvgIpc) is 3.22. The number of aryl methyl sites for hydroxylation is 1. The van der Waals surface area contributed by atoms with Crippen LogP contribution in [0.2, 0.25) is 0 Å². The van der Waals surface area contributed by atoms with E-state index in [1.165, 1.54) is 22.9 Å². The van der Waals surface area contributed by atoms with Crippen molar-refractivity contribution in [1.82, 2.24) is 15.5 Å². The summed E-state index contributed by atoms with van der Waals surface area (Å²) in [5.41, 5.74) is 3.14. The second kappa shape index (κ2) is 9.97. The maximum atomic E-state index is 12.1. The van der Waals surface area contributed by atoms with Crippen molar-refractivity contribution >= 4 is 17.7 Å². The van der Waals surface area contributed by atoms with Crippen LogP contribution in [0.5, 0.6) is 11.5 Å². The van der Waals surface area contributed by atoms with E-state index in [1.54, 1.807) is 32.4 Å². The molecule has 0 atom stereocenters. The standard InChI is InChI=1S/C21H23N3O4S/c1-14-6-4-5-7-15(14)8-9-22-19(25)13-29-21-24-23-20(28-21)16-10-17(26-2)12-18(11-16)27-3/h4-7,10-12H,8-9,13H2,1-3H3,(H,22,25). The van der Waals surface area contributed by atoms with Gasteiger partial charge in [0.05, 0.1) is 20.0 Å². The molecular weight excluding hydrogens is 390 g/mol. The number of amides is 1. The summed E-state index contributed by atoms with van der Waals surface area (Å²) in [6.07, 6.45) is 0.797. The summed E-state index contributed by atoms with van der Waals surface area (Å²) >= 11 is 1.20. The Hall–Kier alpha value is -3.00. The van der Waals surface area contributed by atoms with Gasteiger partial charge in [-0.05, 0) is 36.6 Å². The maximum absolute atomic E-state index is 12.1. The molecule has 7 nitrogen and oxygen atoms in total. The van der Waals surface area contributed by atoms with Gasteiger partial charge >= 0.3 is 0 Å². The van der Waals surface area contributed by atoms with Crippen LogP contribution >= 0.6 is 11.8 Å². The minimum Gasteiger partial charge on any atom is -0.497 e. The second-order valence-corrected chi connectivity index (χ2v) is 7.22. The highest BCUT2D eigenvalue weighted by Crippen LogP contribution is 2.30. The highest BCUT2D eigenvalue weighted by Gasteiger charge is 2.13. The molecule has 29 heavy (non-hydrogen) atoms. The lowest BCUT2D eigenvalue weighted by Crippen LogP contribution is -2.27. The monoisotopic (exact) mass is 413 g/mol. The van der Waals surface area contributed by atoms with E-state index in [2.05, 4.69) is 34.6 Å². The lowest BCUT2D eigenvalue weighted by Gasteiger charge is -2.06. The number of nitrogens with one attached hydrogen (secondary N) is 1. The van der Waals surface area contributed by atoms with E-state index in [9.17, 15) is 4.79 Å². The topological polar surface area (TPSA) is 86.5 Å². The normalized spacial score (nSPS) is 10.6. The fraction of sp³-hybridized carbons (Fsp3) is 0.286. The number of hydrogen-bond donors (Lipinski definition) is 1. The van der Waals surface area contributed by atoms with E-state index >= 15 is 0 Å². The summed E-state index contributed by atoms with van der Waals surface area (Å²) in [6.45, 7) is 2.65. The molecule has 8 heteroatoms. The number of aromatic nitrogens is 2. The summed E-state index contributed by atoms with van der Waals surface area (Å²) in [7, 11) is 3.15. The van der Waals surface area contributed by atoms with Crippen molar-refractivity contribution in [2.45, 2.75) is 18.6 Å². The Morgan fingerprint density at radius 2 is 1.83 bits per heavy atom. The molecule has 3 rings (SSSR count). The molecule has 0 aliphatic rings. The molecule has 0 unspecified atom stereocenters. The third kappa shape index (κ3) is 5.74. The molecule has 2 aromatic carbocycles. The lowest BCUT2D eigenvalue weighted by molar-refractivity contribution is -0.118. The summed E-state index contributed by atoms with van der Waals surface area (Å²) in [5, 5.41) is 11.3. The first-order chi connectivity index (χ1) is 14.1. The predicted molar refractivity (Wildman–Crippen MR) is 111 cm³/mol. The van der Waals surface area contributed by atoms with Crippen LogP contribution in [0.15, 0.2) is 52.1 Å². The number of carbonyl (C=O) groups excluding carboxylic acids is 1. The fourth-order valence-electron chi connectivity index (χ4n) is 2.72. The van der Waals surface area contributed by atoms with Gasteiger partial charge in [0.2, 0.25) is 11.8 Å². The van der Waals surface area contributed by atoms with Gasteiger partial charge in [0.1, 0.15) is 11.5 Å². The zero-order chi connectivity index (χ0) is 20.6. The van der Waals surface area contributed by atoms with Crippen molar-refractivity contribution in [3.05, 3.63) is 53.6 Å².